The average molecular weight is 421 g/mol. The van der Waals surface area contributed by atoms with Crippen LogP contribution in [-0.4, -0.2) is 25.0 Å². The number of nitrogens with one attached hydrogen (secondary N) is 2. The molecule has 2 aromatic rings. The van der Waals surface area contributed by atoms with Crippen LogP contribution in [0.15, 0.2) is 46.9 Å². The first-order valence-electron chi connectivity index (χ1n) is 8.16. The van der Waals surface area contributed by atoms with Crippen molar-refractivity contribution in [3.05, 3.63) is 58.1 Å². The fourth-order valence-electron chi connectivity index (χ4n) is 2.09. The van der Waals surface area contributed by atoms with Gasteiger partial charge in [0, 0.05) is 0 Å². The van der Waals surface area contributed by atoms with Crippen LogP contribution in [0, 0.1) is 6.92 Å². The molecule has 0 heterocycles. The summed E-state index contributed by atoms with van der Waals surface area (Å²) in [6, 6.07) is 13.0. The van der Waals surface area contributed by atoms with Crippen molar-refractivity contribution in [3.8, 4) is 11.5 Å². The molecule has 26 heavy (non-hydrogen) atoms. The first kappa shape index (κ1) is 19.8. The highest BCUT2D eigenvalue weighted by Gasteiger charge is 2.08. The lowest BCUT2D eigenvalue weighted by Crippen LogP contribution is -2.45. The van der Waals surface area contributed by atoms with Crippen molar-refractivity contribution in [2.45, 2.75) is 20.3 Å². The quantitative estimate of drug-likeness (QED) is 0.675. The van der Waals surface area contributed by atoms with Gasteiger partial charge in [0.05, 0.1) is 4.47 Å². The molecule has 0 fully saturated rings. The second kappa shape index (κ2) is 9.82. The van der Waals surface area contributed by atoms with Crippen LogP contribution in [0.4, 0.5) is 0 Å². The third-order valence-electron chi connectivity index (χ3n) is 3.46. The summed E-state index contributed by atoms with van der Waals surface area (Å²) in [7, 11) is 0. The Hall–Kier alpha value is -2.54. The second-order valence-electron chi connectivity index (χ2n) is 5.61. The van der Waals surface area contributed by atoms with Gasteiger partial charge in [-0.2, -0.15) is 0 Å². The Morgan fingerprint density at radius 3 is 2.31 bits per heavy atom. The molecule has 0 saturated carbocycles. The number of amides is 2. The first-order valence-corrected chi connectivity index (χ1v) is 8.95. The van der Waals surface area contributed by atoms with Gasteiger partial charge < -0.3 is 9.47 Å². The Morgan fingerprint density at radius 2 is 1.69 bits per heavy atom. The van der Waals surface area contributed by atoms with Crippen molar-refractivity contribution in [2.75, 3.05) is 13.2 Å². The molecule has 0 aromatic heterocycles. The van der Waals surface area contributed by atoms with Gasteiger partial charge in [-0.3, -0.25) is 20.4 Å². The molecule has 0 aliphatic heterocycles. The van der Waals surface area contributed by atoms with E-state index in [1.54, 1.807) is 12.1 Å². The van der Waals surface area contributed by atoms with Crippen LogP contribution in [-0.2, 0) is 16.0 Å². The van der Waals surface area contributed by atoms with E-state index < -0.39 is 11.8 Å². The summed E-state index contributed by atoms with van der Waals surface area (Å²) < 4.78 is 11.6. The van der Waals surface area contributed by atoms with E-state index in [9.17, 15) is 9.59 Å². The molecule has 0 atom stereocenters. The number of hydrogen-bond acceptors (Lipinski definition) is 4. The van der Waals surface area contributed by atoms with Crippen molar-refractivity contribution >= 4 is 27.7 Å². The van der Waals surface area contributed by atoms with E-state index in [2.05, 4.69) is 33.7 Å². The largest absolute Gasteiger partial charge is 0.484 e. The number of aryl methyl sites for hydroxylation is 2. The zero-order valence-electron chi connectivity index (χ0n) is 14.7. The minimum atomic E-state index is -0.472. The lowest BCUT2D eigenvalue weighted by atomic mass is 10.2. The van der Waals surface area contributed by atoms with Gasteiger partial charge in [0.15, 0.2) is 13.2 Å². The SMILES string of the molecule is CCc1ccc(OCC(=O)NNC(=O)COc2cccc(C)c2)c(Br)c1. The van der Waals surface area contributed by atoms with Gasteiger partial charge in [0.1, 0.15) is 11.5 Å². The van der Waals surface area contributed by atoms with Gasteiger partial charge >= 0.3 is 0 Å². The summed E-state index contributed by atoms with van der Waals surface area (Å²) in [6.07, 6.45) is 0.913. The van der Waals surface area contributed by atoms with Crippen LogP contribution < -0.4 is 20.3 Å². The molecule has 0 spiro atoms. The predicted octanol–water partition coefficient (Wildman–Crippen LogP) is 2.93. The Morgan fingerprint density at radius 1 is 1.00 bits per heavy atom. The highest BCUT2D eigenvalue weighted by Crippen LogP contribution is 2.26. The number of carbonyl (C=O) groups excluding carboxylic acids is 2. The summed E-state index contributed by atoms with van der Waals surface area (Å²) in [6.45, 7) is 3.57. The van der Waals surface area contributed by atoms with E-state index in [1.807, 2.05) is 37.3 Å². The molecule has 138 valence electrons. The second-order valence-corrected chi connectivity index (χ2v) is 6.46. The molecule has 0 aliphatic rings. The monoisotopic (exact) mass is 420 g/mol. The van der Waals surface area contributed by atoms with E-state index in [1.165, 1.54) is 0 Å². The van der Waals surface area contributed by atoms with Crippen LogP contribution >= 0.6 is 15.9 Å². The molecule has 2 aromatic carbocycles. The highest BCUT2D eigenvalue weighted by atomic mass is 79.9. The van der Waals surface area contributed by atoms with E-state index in [0.717, 1.165) is 22.0 Å². The van der Waals surface area contributed by atoms with Crippen molar-refractivity contribution in [3.63, 3.8) is 0 Å². The molecule has 2 rings (SSSR count). The number of carbonyl (C=O) groups is 2. The number of benzene rings is 2. The maximum absolute atomic E-state index is 11.8. The van der Waals surface area contributed by atoms with Crippen molar-refractivity contribution in [2.24, 2.45) is 0 Å². The van der Waals surface area contributed by atoms with Gasteiger partial charge in [0.25, 0.3) is 11.8 Å². The van der Waals surface area contributed by atoms with E-state index >= 15 is 0 Å². The molecule has 0 bridgehead atoms. The Kier molecular flexibility index (Phi) is 7.47. The minimum Gasteiger partial charge on any atom is -0.484 e. The molecule has 6 nitrogen and oxygen atoms in total. The van der Waals surface area contributed by atoms with Gasteiger partial charge in [-0.15, -0.1) is 0 Å². The molecule has 7 heteroatoms. The number of ether oxygens (including phenoxy) is 2. The topological polar surface area (TPSA) is 76.7 Å². The van der Waals surface area contributed by atoms with Gasteiger partial charge in [-0.05, 0) is 64.7 Å². The number of halogens is 1. The van der Waals surface area contributed by atoms with Gasteiger partial charge in [-0.25, -0.2) is 0 Å². The zero-order chi connectivity index (χ0) is 18.9. The van der Waals surface area contributed by atoms with Crippen LogP contribution in [0.2, 0.25) is 0 Å². The Labute approximate surface area is 161 Å². The van der Waals surface area contributed by atoms with Crippen molar-refractivity contribution in [1.29, 1.82) is 0 Å². The summed E-state index contributed by atoms with van der Waals surface area (Å²) in [5.41, 5.74) is 6.76. The maximum atomic E-state index is 11.8. The first-order chi connectivity index (χ1) is 12.5. The third kappa shape index (κ3) is 6.40. The molecular weight excluding hydrogens is 400 g/mol. The van der Waals surface area contributed by atoms with Crippen LogP contribution in [0.5, 0.6) is 11.5 Å². The summed E-state index contributed by atoms with van der Waals surface area (Å²) in [5.74, 6) is 0.218. The smallest absolute Gasteiger partial charge is 0.276 e. The summed E-state index contributed by atoms with van der Waals surface area (Å²) in [5, 5.41) is 0. The van der Waals surface area contributed by atoms with Gasteiger partial charge in [0.2, 0.25) is 0 Å². The molecule has 2 N–H and O–H groups in total. The third-order valence-corrected chi connectivity index (χ3v) is 4.08. The average Bonchev–Trinajstić information content (AvgIpc) is 2.63. The molecular formula is C19H21BrN2O4. The maximum Gasteiger partial charge on any atom is 0.276 e. The number of hydrogen-bond donors (Lipinski definition) is 2. The lowest BCUT2D eigenvalue weighted by Gasteiger charge is -2.11. The molecule has 2 amide bonds. The normalized spacial score (nSPS) is 10.1. The summed E-state index contributed by atoms with van der Waals surface area (Å²) in [4.78, 5) is 23.5. The van der Waals surface area contributed by atoms with Crippen LogP contribution in [0.1, 0.15) is 18.1 Å². The van der Waals surface area contributed by atoms with Crippen molar-refractivity contribution < 1.29 is 19.1 Å². The summed E-state index contributed by atoms with van der Waals surface area (Å²) >= 11 is 3.41. The highest BCUT2D eigenvalue weighted by molar-refractivity contribution is 9.10. The standard InChI is InChI=1S/C19H21BrN2O4/c1-3-14-7-8-17(16(20)10-14)26-12-19(24)22-21-18(23)11-25-15-6-4-5-13(2)9-15/h4-10H,3,11-12H2,1-2H3,(H,21,23)(H,22,24). The van der Waals surface area contributed by atoms with Crippen LogP contribution in [0.25, 0.3) is 0 Å². The zero-order valence-corrected chi connectivity index (χ0v) is 16.3. The number of hydrazine groups is 1. The molecule has 0 unspecified atom stereocenters. The molecule has 0 aliphatic carbocycles. The number of rotatable bonds is 7. The Balaban J connectivity index is 1.70. The fourth-order valence-corrected chi connectivity index (χ4v) is 2.63. The molecule has 0 radical (unpaired) electrons. The van der Waals surface area contributed by atoms with Crippen LogP contribution in [0.3, 0.4) is 0 Å². The Bertz CT molecular complexity index is 780. The van der Waals surface area contributed by atoms with Crippen molar-refractivity contribution in [1.82, 2.24) is 10.9 Å². The minimum absolute atomic E-state index is 0.200. The fraction of sp³-hybridized carbons (Fsp3) is 0.263. The predicted molar refractivity (Wildman–Crippen MR) is 102 cm³/mol. The van der Waals surface area contributed by atoms with Gasteiger partial charge in [-0.1, -0.05) is 25.1 Å². The van der Waals surface area contributed by atoms with E-state index in [4.69, 9.17) is 9.47 Å². The van der Waals surface area contributed by atoms with E-state index in [0.29, 0.717) is 11.5 Å². The lowest BCUT2D eigenvalue weighted by molar-refractivity contribution is -0.131. The molecule has 0 saturated heterocycles. The van der Waals surface area contributed by atoms with E-state index in [-0.39, 0.29) is 13.2 Å².